The van der Waals surface area contributed by atoms with Gasteiger partial charge in [0.15, 0.2) is 0 Å². The van der Waals surface area contributed by atoms with E-state index in [9.17, 15) is 9.90 Å². The molecule has 0 radical (unpaired) electrons. The molecule has 2 aliphatic rings. The Balaban J connectivity index is 2.07. The Kier molecular flexibility index (Phi) is 2.86. The molecule has 0 aromatic heterocycles. The maximum Gasteiger partial charge on any atom is 0.410 e. The van der Waals surface area contributed by atoms with E-state index < -0.39 is 5.60 Å². The number of aliphatic hydroxyl groups excluding tert-OH is 1. The molecule has 0 unspecified atom stereocenters. The lowest BCUT2D eigenvalue weighted by Crippen LogP contribution is -2.51. The first-order chi connectivity index (χ1) is 7.38. The SMILES string of the molecule is CC(C)(C)OC(=O)N1[C@H]2CC[C@H](O)[C@@H]1CC2. The van der Waals surface area contributed by atoms with E-state index in [0.717, 1.165) is 25.7 Å². The summed E-state index contributed by atoms with van der Waals surface area (Å²) in [6.45, 7) is 5.60. The second-order valence-electron chi connectivity index (χ2n) is 5.83. The third kappa shape index (κ3) is 2.17. The first-order valence-electron chi connectivity index (χ1n) is 6.08. The Morgan fingerprint density at radius 2 is 1.88 bits per heavy atom. The molecule has 2 bridgehead atoms. The Hall–Kier alpha value is -0.770. The van der Waals surface area contributed by atoms with Gasteiger partial charge in [0.1, 0.15) is 5.60 Å². The Morgan fingerprint density at radius 1 is 1.25 bits per heavy atom. The number of piperidine rings is 1. The first-order valence-corrected chi connectivity index (χ1v) is 6.08. The van der Waals surface area contributed by atoms with Crippen molar-refractivity contribution in [1.29, 1.82) is 0 Å². The second kappa shape index (κ2) is 3.91. The maximum atomic E-state index is 12.0. The fourth-order valence-corrected chi connectivity index (χ4v) is 2.73. The highest BCUT2D eigenvalue weighted by Gasteiger charge is 2.45. The number of amides is 1. The standard InChI is InChI=1S/C12H21NO3/c1-12(2,3)16-11(15)13-8-4-6-9(13)10(14)7-5-8/h8-10,14H,4-7H2,1-3H3/t8-,9+,10+/m1/s1. The van der Waals surface area contributed by atoms with Crippen LogP contribution in [0.5, 0.6) is 0 Å². The summed E-state index contributed by atoms with van der Waals surface area (Å²) in [5.41, 5.74) is -0.459. The van der Waals surface area contributed by atoms with E-state index in [0.29, 0.717) is 0 Å². The van der Waals surface area contributed by atoms with Crippen LogP contribution in [0.3, 0.4) is 0 Å². The first kappa shape index (κ1) is 11.7. The van der Waals surface area contributed by atoms with Gasteiger partial charge in [-0.15, -0.1) is 0 Å². The molecule has 3 atom stereocenters. The van der Waals surface area contributed by atoms with Crippen LogP contribution < -0.4 is 0 Å². The summed E-state index contributed by atoms with van der Waals surface area (Å²) in [6.07, 6.45) is 2.99. The molecule has 2 saturated heterocycles. The molecule has 4 nitrogen and oxygen atoms in total. The van der Waals surface area contributed by atoms with Crippen molar-refractivity contribution in [2.75, 3.05) is 0 Å². The highest BCUT2D eigenvalue weighted by Crippen LogP contribution is 2.36. The van der Waals surface area contributed by atoms with Gasteiger partial charge in [-0.05, 0) is 46.5 Å². The predicted octanol–water partition coefficient (Wildman–Crippen LogP) is 1.91. The zero-order valence-corrected chi connectivity index (χ0v) is 10.3. The number of hydrogen-bond acceptors (Lipinski definition) is 3. The monoisotopic (exact) mass is 227 g/mol. The Labute approximate surface area is 96.6 Å². The summed E-state index contributed by atoms with van der Waals surface area (Å²) in [5, 5.41) is 9.86. The summed E-state index contributed by atoms with van der Waals surface area (Å²) in [4.78, 5) is 13.8. The van der Waals surface area contributed by atoms with Gasteiger partial charge in [0, 0.05) is 6.04 Å². The minimum absolute atomic E-state index is 0.0198. The number of carbonyl (C=O) groups is 1. The molecule has 1 amide bonds. The fourth-order valence-electron chi connectivity index (χ4n) is 2.73. The van der Waals surface area contributed by atoms with Crippen LogP contribution in [0.1, 0.15) is 46.5 Å². The molecule has 16 heavy (non-hydrogen) atoms. The predicted molar refractivity (Wildman–Crippen MR) is 60.1 cm³/mol. The summed E-state index contributed by atoms with van der Waals surface area (Å²) in [7, 11) is 0. The zero-order chi connectivity index (χ0) is 11.9. The normalized spacial score (nSPS) is 34.0. The van der Waals surface area contributed by atoms with E-state index in [-0.39, 0.29) is 24.3 Å². The molecule has 0 spiro atoms. The van der Waals surface area contributed by atoms with Crippen LogP contribution in [0.15, 0.2) is 0 Å². The van der Waals surface area contributed by atoms with Crippen LogP contribution >= 0.6 is 0 Å². The molecule has 2 fully saturated rings. The van der Waals surface area contributed by atoms with Crippen LogP contribution in [-0.4, -0.2) is 39.9 Å². The van der Waals surface area contributed by atoms with E-state index in [1.165, 1.54) is 0 Å². The minimum Gasteiger partial charge on any atom is -0.444 e. The summed E-state index contributed by atoms with van der Waals surface area (Å²) in [6, 6.07) is 0.261. The molecule has 0 aromatic carbocycles. The van der Waals surface area contributed by atoms with Gasteiger partial charge < -0.3 is 9.84 Å². The van der Waals surface area contributed by atoms with Gasteiger partial charge in [0.25, 0.3) is 0 Å². The molecule has 92 valence electrons. The van der Waals surface area contributed by atoms with Crippen LogP contribution in [-0.2, 0) is 4.74 Å². The van der Waals surface area contributed by atoms with Crippen molar-refractivity contribution in [2.24, 2.45) is 0 Å². The highest BCUT2D eigenvalue weighted by molar-refractivity contribution is 5.69. The average molecular weight is 227 g/mol. The van der Waals surface area contributed by atoms with Gasteiger partial charge in [-0.3, -0.25) is 4.90 Å². The lowest BCUT2D eigenvalue weighted by atomic mass is 10.0. The molecular weight excluding hydrogens is 206 g/mol. The minimum atomic E-state index is -0.459. The molecule has 0 aliphatic carbocycles. The number of fused-ring (bicyclic) bond motifs is 2. The van der Waals surface area contributed by atoms with E-state index in [2.05, 4.69) is 0 Å². The third-order valence-corrected chi connectivity index (χ3v) is 3.39. The molecule has 1 N–H and O–H groups in total. The fraction of sp³-hybridized carbons (Fsp3) is 0.917. The highest BCUT2D eigenvalue weighted by atomic mass is 16.6. The Morgan fingerprint density at radius 3 is 2.50 bits per heavy atom. The van der Waals surface area contributed by atoms with Gasteiger partial charge in [-0.25, -0.2) is 4.79 Å². The van der Waals surface area contributed by atoms with Gasteiger partial charge in [0.2, 0.25) is 0 Å². The molecule has 4 heteroatoms. The van der Waals surface area contributed by atoms with Gasteiger partial charge >= 0.3 is 6.09 Å². The van der Waals surface area contributed by atoms with E-state index in [1.807, 2.05) is 20.8 Å². The number of ether oxygens (including phenoxy) is 1. The number of rotatable bonds is 0. The van der Waals surface area contributed by atoms with Crippen molar-refractivity contribution >= 4 is 6.09 Å². The third-order valence-electron chi connectivity index (χ3n) is 3.39. The van der Waals surface area contributed by atoms with Crippen molar-refractivity contribution in [3.05, 3.63) is 0 Å². The average Bonchev–Trinajstić information content (AvgIpc) is 2.46. The van der Waals surface area contributed by atoms with Gasteiger partial charge in [-0.2, -0.15) is 0 Å². The smallest absolute Gasteiger partial charge is 0.410 e. The number of nitrogens with zero attached hydrogens (tertiary/aromatic N) is 1. The lowest BCUT2D eigenvalue weighted by Gasteiger charge is -2.38. The van der Waals surface area contributed by atoms with Crippen molar-refractivity contribution in [3.63, 3.8) is 0 Å². The quantitative estimate of drug-likeness (QED) is 0.687. The molecule has 2 rings (SSSR count). The van der Waals surface area contributed by atoms with Crippen LogP contribution in [0.4, 0.5) is 4.79 Å². The molecule has 0 aromatic rings. The molecular formula is C12H21NO3. The Bertz CT molecular complexity index is 284. The van der Waals surface area contributed by atoms with E-state index in [4.69, 9.17) is 4.74 Å². The molecule has 0 saturated carbocycles. The zero-order valence-electron chi connectivity index (χ0n) is 10.3. The van der Waals surface area contributed by atoms with Crippen molar-refractivity contribution < 1.29 is 14.6 Å². The molecule has 2 aliphatic heterocycles. The van der Waals surface area contributed by atoms with Crippen LogP contribution in [0, 0.1) is 0 Å². The topological polar surface area (TPSA) is 49.8 Å². The summed E-state index contributed by atoms with van der Waals surface area (Å²) >= 11 is 0. The number of carbonyl (C=O) groups excluding carboxylic acids is 1. The van der Waals surface area contributed by atoms with Crippen molar-refractivity contribution in [2.45, 2.75) is 70.2 Å². The number of aliphatic hydroxyl groups is 1. The molecule has 2 heterocycles. The van der Waals surface area contributed by atoms with Crippen LogP contribution in [0.2, 0.25) is 0 Å². The summed E-state index contributed by atoms with van der Waals surface area (Å²) < 4.78 is 5.38. The van der Waals surface area contributed by atoms with Crippen LogP contribution in [0.25, 0.3) is 0 Å². The van der Waals surface area contributed by atoms with E-state index in [1.54, 1.807) is 4.90 Å². The second-order valence-corrected chi connectivity index (χ2v) is 5.83. The van der Waals surface area contributed by atoms with Crippen molar-refractivity contribution in [3.8, 4) is 0 Å². The lowest BCUT2D eigenvalue weighted by molar-refractivity contribution is -0.0221. The van der Waals surface area contributed by atoms with Gasteiger partial charge in [-0.1, -0.05) is 0 Å². The van der Waals surface area contributed by atoms with Crippen molar-refractivity contribution in [1.82, 2.24) is 4.90 Å². The maximum absolute atomic E-state index is 12.0. The largest absolute Gasteiger partial charge is 0.444 e. The van der Waals surface area contributed by atoms with E-state index >= 15 is 0 Å². The van der Waals surface area contributed by atoms with Gasteiger partial charge in [0.05, 0.1) is 12.1 Å². The summed E-state index contributed by atoms with van der Waals surface area (Å²) in [5.74, 6) is 0. The number of hydrogen-bond donors (Lipinski definition) is 1.